The fraction of sp³-hybridized carbons (Fsp3) is 0.586. The number of ether oxygens (including phenoxy) is 2. The van der Waals surface area contributed by atoms with Gasteiger partial charge in [-0.2, -0.15) is 0 Å². The molecule has 0 aliphatic carbocycles. The summed E-state index contributed by atoms with van der Waals surface area (Å²) in [7, 11) is 0. The van der Waals surface area contributed by atoms with Crippen LogP contribution in [0.15, 0.2) is 42.6 Å². The number of aromatic nitrogens is 1. The zero-order chi connectivity index (χ0) is 23.7. The van der Waals surface area contributed by atoms with Gasteiger partial charge >= 0.3 is 5.97 Å². The summed E-state index contributed by atoms with van der Waals surface area (Å²) >= 11 is 0. The van der Waals surface area contributed by atoms with Crippen molar-refractivity contribution in [2.45, 2.75) is 104 Å². The van der Waals surface area contributed by atoms with Gasteiger partial charge in [0.2, 0.25) is 0 Å². The molecular weight excluding hydrogens is 410 g/mol. The van der Waals surface area contributed by atoms with E-state index in [2.05, 4.69) is 31.0 Å². The molecule has 2 rings (SSSR count). The molecular formula is C29H43NO3. The van der Waals surface area contributed by atoms with Crippen LogP contribution in [0.4, 0.5) is 0 Å². The van der Waals surface area contributed by atoms with E-state index in [1.807, 2.05) is 37.4 Å². The van der Waals surface area contributed by atoms with Crippen molar-refractivity contribution >= 4 is 5.97 Å². The predicted molar refractivity (Wildman–Crippen MR) is 137 cm³/mol. The molecule has 4 nitrogen and oxygen atoms in total. The number of esters is 1. The van der Waals surface area contributed by atoms with Crippen LogP contribution in [0.2, 0.25) is 0 Å². The number of unbranched alkanes of at least 4 members (excludes halogenated alkanes) is 8. The van der Waals surface area contributed by atoms with E-state index in [1.54, 1.807) is 0 Å². The quantitative estimate of drug-likeness (QED) is 0.180. The van der Waals surface area contributed by atoms with Crippen LogP contribution in [0, 0.1) is 0 Å². The highest BCUT2D eigenvalue weighted by Crippen LogP contribution is 2.22. The van der Waals surface area contributed by atoms with Gasteiger partial charge in [-0.25, -0.2) is 0 Å². The number of aryl methyl sites for hydroxylation is 1. The molecule has 0 saturated heterocycles. The highest BCUT2D eigenvalue weighted by Gasteiger charge is 2.09. The Kier molecular flexibility index (Phi) is 13.3. The SMILES string of the molecule is CCCCCCCCc1ccc(-c2ccc(OC(C)COC(=O)CCCCCC)cc2)nc1. The summed E-state index contributed by atoms with van der Waals surface area (Å²) in [5.74, 6) is 0.632. The van der Waals surface area contributed by atoms with Gasteiger partial charge in [0.15, 0.2) is 0 Å². The molecule has 0 bridgehead atoms. The minimum absolute atomic E-state index is 0.136. The second-order valence-electron chi connectivity index (χ2n) is 9.02. The zero-order valence-electron chi connectivity index (χ0n) is 21.0. The Morgan fingerprint density at radius 2 is 1.52 bits per heavy atom. The molecule has 2 aromatic rings. The van der Waals surface area contributed by atoms with Crippen molar-refractivity contribution in [2.24, 2.45) is 0 Å². The van der Waals surface area contributed by atoms with Gasteiger partial charge in [0.1, 0.15) is 18.5 Å². The van der Waals surface area contributed by atoms with Crippen molar-refractivity contribution < 1.29 is 14.3 Å². The van der Waals surface area contributed by atoms with Crippen molar-refractivity contribution in [1.29, 1.82) is 0 Å². The van der Waals surface area contributed by atoms with Gasteiger partial charge in [0.25, 0.3) is 0 Å². The average molecular weight is 454 g/mol. The fourth-order valence-corrected chi connectivity index (χ4v) is 3.80. The lowest BCUT2D eigenvalue weighted by molar-refractivity contribution is -0.146. The minimum atomic E-state index is -0.185. The van der Waals surface area contributed by atoms with Crippen LogP contribution >= 0.6 is 0 Å². The number of hydrogen-bond acceptors (Lipinski definition) is 4. The average Bonchev–Trinajstić information content (AvgIpc) is 2.84. The Morgan fingerprint density at radius 1 is 0.848 bits per heavy atom. The number of pyridine rings is 1. The summed E-state index contributed by atoms with van der Waals surface area (Å²) < 4.78 is 11.2. The maximum atomic E-state index is 11.8. The fourth-order valence-electron chi connectivity index (χ4n) is 3.80. The molecule has 1 atom stereocenters. The highest BCUT2D eigenvalue weighted by molar-refractivity contribution is 5.69. The molecule has 0 N–H and O–H groups in total. The summed E-state index contributed by atoms with van der Waals surface area (Å²) in [6.45, 7) is 6.61. The first-order chi connectivity index (χ1) is 16.1. The minimum Gasteiger partial charge on any atom is -0.487 e. The maximum Gasteiger partial charge on any atom is 0.305 e. The predicted octanol–water partition coefficient (Wildman–Crippen LogP) is 7.93. The monoisotopic (exact) mass is 453 g/mol. The first-order valence-corrected chi connectivity index (χ1v) is 13.0. The van der Waals surface area contributed by atoms with Crippen molar-refractivity contribution in [1.82, 2.24) is 4.98 Å². The standard InChI is InChI=1S/C29H43NO3/c1-4-6-8-10-11-12-14-25-16-21-28(30-22-25)26-17-19-27(20-18-26)33-24(3)23-32-29(31)15-13-9-7-5-2/h16-22,24H,4-15,23H2,1-3H3. The maximum absolute atomic E-state index is 11.8. The summed E-state index contributed by atoms with van der Waals surface area (Å²) in [6, 6.07) is 12.2. The number of rotatable bonds is 17. The smallest absolute Gasteiger partial charge is 0.305 e. The first kappa shape index (κ1) is 26.9. The molecule has 4 heteroatoms. The molecule has 1 unspecified atom stereocenters. The van der Waals surface area contributed by atoms with E-state index < -0.39 is 0 Å². The Morgan fingerprint density at radius 3 is 2.18 bits per heavy atom. The number of benzene rings is 1. The van der Waals surface area contributed by atoms with Gasteiger partial charge < -0.3 is 9.47 Å². The Balaban J connectivity index is 1.71. The van der Waals surface area contributed by atoms with Crippen LogP contribution in [0.5, 0.6) is 5.75 Å². The lowest BCUT2D eigenvalue weighted by Crippen LogP contribution is -2.21. The third-order valence-corrected chi connectivity index (χ3v) is 5.84. The molecule has 0 saturated carbocycles. The second kappa shape index (κ2) is 16.3. The molecule has 0 aliphatic rings. The van der Waals surface area contributed by atoms with E-state index in [-0.39, 0.29) is 18.7 Å². The van der Waals surface area contributed by atoms with Gasteiger partial charge in [-0.15, -0.1) is 0 Å². The van der Waals surface area contributed by atoms with E-state index in [9.17, 15) is 4.79 Å². The molecule has 1 aromatic heterocycles. The number of hydrogen-bond donors (Lipinski definition) is 0. The number of carbonyl (C=O) groups excluding carboxylic acids is 1. The summed E-state index contributed by atoms with van der Waals surface area (Å²) in [4.78, 5) is 16.5. The van der Waals surface area contributed by atoms with E-state index in [4.69, 9.17) is 9.47 Å². The lowest BCUT2D eigenvalue weighted by Gasteiger charge is -2.15. The van der Waals surface area contributed by atoms with Gasteiger partial charge in [0, 0.05) is 18.2 Å². The zero-order valence-corrected chi connectivity index (χ0v) is 21.0. The van der Waals surface area contributed by atoms with E-state index >= 15 is 0 Å². The Labute approximate surface area is 201 Å². The molecule has 0 spiro atoms. The molecule has 0 amide bonds. The molecule has 1 heterocycles. The van der Waals surface area contributed by atoms with E-state index in [0.29, 0.717) is 6.42 Å². The first-order valence-electron chi connectivity index (χ1n) is 13.0. The molecule has 0 fully saturated rings. The summed E-state index contributed by atoms with van der Waals surface area (Å²) in [5, 5.41) is 0. The Hall–Kier alpha value is -2.36. The molecule has 0 aliphatic heterocycles. The van der Waals surface area contributed by atoms with Crippen LogP contribution in [0.25, 0.3) is 11.3 Å². The second-order valence-corrected chi connectivity index (χ2v) is 9.02. The number of carbonyl (C=O) groups is 1. The lowest BCUT2D eigenvalue weighted by atomic mass is 10.1. The van der Waals surface area contributed by atoms with Crippen LogP contribution in [0.1, 0.15) is 97.0 Å². The molecule has 1 aromatic carbocycles. The number of nitrogens with zero attached hydrogens (tertiary/aromatic N) is 1. The highest BCUT2D eigenvalue weighted by atomic mass is 16.6. The topological polar surface area (TPSA) is 48.4 Å². The van der Waals surface area contributed by atoms with Gasteiger partial charge in [-0.3, -0.25) is 9.78 Å². The van der Waals surface area contributed by atoms with E-state index in [1.165, 1.54) is 56.9 Å². The van der Waals surface area contributed by atoms with Gasteiger partial charge in [0.05, 0.1) is 5.69 Å². The summed E-state index contributed by atoms with van der Waals surface area (Å²) in [6.07, 6.45) is 15.6. The van der Waals surface area contributed by atoms with Crippen molar-refractivity contribution in [3.63, 3.8) is 0 Å². The van der Waals surface area contributed by atoms with Crippen LogP contribution < -0.4 is 4.74 Å². The van der Waals surface area contributed by atoms with E-state index in [0.717, 1.165) is 36.3 Å². The van der Waals surface area contributed by atoms with Crippen LogP contribution in [-0.2, 0) is 16.0 Å². The third-order valence-electron chi connectivity index (χ3n) is 5.84. The third kappa shape index (κ3) is 11.4. The molecule has 0 radical (unpaired) electrons. The largest absolute Gasteiger partial charge is 0.487 e. The normalized spacial score (nSPS) is 11.8. The van der Waals surface area contributed by atoms with Crippen molar-refractivity contribution in [3.8, 4) is 17.0 Å². The van der Waals surface area contributed by atoms with Crippen molar-refractivity contribution in [3.05, 3.63) is 48.2 Å². The van der Waals surface area contributed by atoms with Crippen molar-refractivity contribution in [2.75, 3.05) is 6.61 Å². The molecule has 33 heavy (non-hydrogen) atoms. The Bertz CT molecular complexity index is 770. The van der Waals surface area contributed by atoms with Gasteiger partial charge in [-0.1, -0.05) is 71.3 Å². The summed E-state index contributed by atoms with van der Waals surface area (Å²) in [5.41, 5.74) is 3.35. The van der Waals surface area contributed by atoms with Gasteiger partial charge in [-0.05, 0) is 62.1 Å². The van der Waals surface area contributed by atoms with Crippen LogP contribution in [0.3, 0.4) is 0 Å². The van der Waals surface area contributed by atoms with Crippen LogP contribution in [-0.4, -0.2) is 23.7 Å². The molecule has 182 valence electrons.